The number of ether oxygens (including phenoxy) is 1. The lowest BCUT2D eigenvalue weighted by Gasteiger charge is -2.19. The Morgan fingerprint density at radius 2 is 1.65 bits per heavy atom. The Hall–Kier alpha value is -1.69. The molecule has 0 aliphatic carbocycles. The van der Waals surface area contributed by atoms with Gasteiger partial charge in [0.1, 0.15) is 13.2 Å². The zero-order chi connectivity index (χ0) is 15.6. The highest BCUT2D eigenvalue weighted by Crippen LogP contribution is 1.97. The van der Waals surface area contributed by atoms with Crippen LogP contribution in [0.1, 0.15) is 33.6 Å². The summed E-state index contributed by atoms with van der Waals surface area (Å²) in [5.41, 5.74) is 0. The van der Waals surface area contributed by atoms with Crippen molar-refractivity contribution in [3.8, 4) is 23.7 Å². The normalized spacial score (nSPS) is 8.05. The summed E-state index contributed by atoms with van der Waals surface area (Å²) in [6.45, 7) is 7.55. The molecule has 0 saturated carbocycles. The number of rotatable bonds is 5. The van der Waals surface area contributed by atoms with Crippen LogP contribution in [0.5, 0.6) is 0 Å². The Morgan fingerprint density at radius 1 is 1.10 bits per heavy atom. The molecular formula is C15H25NO4. The molecule has 0 aromatic carbocycles. The molecule has 0 spiro atoms. The predicted octanol–water partition coefficient (Wildman–Crippen LogP) is 1.24. The van der Waals surface area contributed by atoms with Gasteiger partial charge >= 0.3 is 6.09 Å². The standard InChI is InChI=1S/C9H19NO2.C6H6O2/c1-4-7-8-10(5-2)9(11)12-6-3;7-5-3-1-2-4-6-8/h4-8H2,1-3H3;7-8H,5-6H2. The van der Waals surface area contributed by atoms with Crippen LogP contribution in [0.3, 0.4) is 0 Å². The molecule has 1 amide bonds. The summed E-state index contributed by atoms with van der Waals surface area (Å²) in [6, 6.07) is 0. The molecule has 0 aromatic rings. The van der Waals surface area contributed by atoms with E-state index in [0.717, 1.165) is 25.9 Å². The van der Waals surface area contributed by atoms with E-state index in [1.807, 2.05) is 13.8 Å². The van der Waals surface area contributed by atoms with Crippen LogP contribution in [-0.4, -0.2) is 54.1 Å². The van der Waals surface area contributed by atoms with Crippen LogP contribution in [0, 0.1) is 23.7 Å². The van der Waals surface area contributed by atoms with E-state index in [9.17, 15) is 4.79 Å². The zero-order valence-electron chi connectivity index (χ0n) is 12.6. The van der Waals surface area contributed by atoms with Gasteiger partial charge in [-0.25, -0.2) is 4.79 Å². The van der Waals surface area contributed by atoms with Gasteiger partial charge < -0.3 is 19.8 Å². The van der Waals surface area contributed by atoms with Crippen LogP contribution in [-0.2, 0) is 4.74 Å². The first-order chi connectivity index (χ1) is 9.67. The molecule has 0 aliphatic heterocycles. The second-order valence-electron chi connectivity index (χ2n) is 3.55. The maximum atomic E-state index is 11.2. The van der Waals surface area contributed by atoms with Crippen LogP contribution in [0.2, 0.25) is 0 Å². The largest absolute Gasteiger partial charge is 0.450 e. The summed E-state index contributed by atoms with van der Waals surface area (Å²) in [6.07, 6.45) is 1.97. The minimum absolute atomic E-state index is 0.180. The Balaban J connectivity index is 0. The highest BCUT2D eigenvalue weighted by atomic mass is 16.6. The van der Waals surface area contributed by atoms with Crippen LogP contribution < -0.4 is 0 Å². The van der Waals surface area contributed by atoms with Gasteiger partial charge in [-0.1, -0.05) is 25.2 Å². The van der Waals surface area contributed by atoms with Gasteiger partial charge in [0, 0.05) is 13.1 Å². The molecule has 0 rings (SSSR count). The molecule has 20 heavy (non-hydrogen) atoms. The van der Waals surface area contributed by atoms with Crippen molar-refractivity contribution in [1.29, 1.82) is 0 Å². The summed E-state index contributed by atoms with van der Waals surface area (Å²) in [5.74, 6) is 9.24. The summed E-state index contributed by atoms with van der Waals surface area (Å²) >= 11 is 0. The summed E-state index contributed by atoms with van der Waals surface area (Å²) in [5, 5.41) is 16.1. The molecule has 114 valence electrons. The molecule has 0 bridgehead atoms. The number of hydrogen-bond acceptors (Lipinski definition) is 4. The first-order valence-corrected chi connectivity index (χ1v) is 6.76. The maximum absolute atomic E-state index is 11.2. The smallest absolute Gasteiger partial charge is 0.409 e. The van der Waals surface area contributed by atoms with Crippen LogP contribution in [0.25, 0.3) is 0 Å². The van der Waals surface area contributed by atoms with E-state index in [2.05, 4.69) is 30.6 Å². The van der Waals surface area contributed by atoms with Crippen molar-refractivity contribution in [3.05, 3.63) is 0 Å². The monoisotopic (exact) mass is 283 g/mol. The van der Waals surface area contributed by atoms with Crippen LogP contribution in [0.4, 0.5) is 4.79 Å². The van der Waals surface area contributed by atoms with Crippen molar-refractivity contribution < 1.29 is 19.7 Å². The Labute approximate surface area is 121 Å². The topological polar surface area (TPSA) is 70.0 Å². The highest BCUT2D eigenvalue weighted by molar-refractivity contribution is 5.67. The molecule has 0 unspecified atom stereocenters. The number of carbonyl (C=O) groups is 1. The van der Waals surface area contributed by atoms with Crippen LogP contribution >= 0.6 is 0 Å². The SMILES string of the molecule is CCCCN(CC)C(=O)OCC.OCC#CC#CCO. The average Bonchev–Trinajstić information content (AvgIpc) is 2.45. The summed E-state index contributed by atoms with van der Waals surface area (Å²) in [4.78, 5) is 12.9. The number of aliphatic hydroxyl groups excluding tert-OH is 2. The Bertz CT molecular complexity index is 326. The number of nitrogens with zero attached hydrogens (tertiary/aromatic N) is 1. The zero-order valence-corrected chi connectivity index (χ0v) is 12.6. The lowest BCUT2D eigenvalue weighted by molar-refractivity contribution is 0.108. The van der Waals surface area contributed by atoms with Gasteiger partial charge in [-0.15, -0.1) is 0 Å². The van der Waals surface area contributed by atoms with Gasteiger partial charge in [0.15, 0.2) is 0 Å². The fourth-order valence-corrected chi connectivity index (χ4v) is 1.11. The van der Waals surface area contributed by atoms with Gasteiger partial charge in [0.2, 0.25) is 0 Å². The van der Waals surface area contributed by atoms with E-state index < -0.39 is 0 Å². The molecule has 0 atom stereocenters. The van der Waals surface area contributed by atoms with Crippen molar-refractivity contribution in [2.24, 2.45) is 0 Å². The third-order valence-corrected chi connectivity index (χ3v) is 2.09. The summed E-state index contributed by atoms with van der Waals surface area (Å²) in [7, 11) is 0. The van der Waals surface area contributed by atoms with Gasteiger partial charge in [-0.2, -0.15) is 0 Å². The highest BCUT2D eigenvalue weighted by Gasteiger charge is 2.10. The number of amides is 1. The third-order valence-electron chi connectivity index (χ3n) is 2.09. The van der Waals surface area contributed by atoms with Gasteiger partial charge in [-0.3, -0.25) is 0 Å². The predicted molar refractivity (Wildman–Crippen MR) is 78.9 cm³/mol. The lowest BCUT2D eigenvalue weighted by Crippen LogP contribution is -2.32. The van der Waals surface area contributed by atoms with Gasteiger partial charge in [-0.05, 0) is 32.1 Å². The number of unbranched alkanes of at least 4 members (excludes halogenated alkanes) is 1. The van der Waals surface area contributed by atoms with Crippen LogP contribution in [0.15, 0.2) is 0 Å². The number of hydrogen-bond donors (Lipinski definition) is 2. The molecule has 2 N–H and O–H groups in total. The van der Waals surface area contributed by atoms with E-state index >= 15 is 0 Å². The first-order valence-electron chi connectivity index (χ1n) is 6.76. The summed E-state index contributed by atoms with van der Waals surface area (Å²) < 4.78 is 4.88. The van der Waals surface area contributed by atoms with Crippen molar-refractivity contribution in [2.45, 2.75) is 33.6 Å². The van der Waals surface area contributed by atoms with Crippen molar-refractivity contribution >= 4 is 6.09 Å². The Kier molecular flexibility index (Phi) is 17.9. The van der Waals surface area contributed by atoms with E-state index in [1.165, 1.54) is 0 Å². The molecule has 0 saturated heterocycles. The Morgan fingerprint density at radius 3 is 2.00 bits per heavy atom. The molecule has 0 radical (unpaired) electrons. The minimum Gasteiger partial charge on any atom is -0.450 e. The first kappa shape index (κ1) is 20.6. The van der Waals surface area contributed by atoms with Crippen molar-refractivity contribution in [1.82, 2.24) is 4.90 Å². The maximum Gasteiger partial charge on any atom is 0.409 e. The second kappa shape index (κ2) is 17.3. The fourth-order valence-electron chi connectivity index (χ4n) is 1.11. The molecule has 5 heteroatoms. The van der Waals surface area contributed by atoms with E-state index in [-0.39, 0.29) is 19.3 Å². The van der Waals surface area contributed by atoms with E-state index in [0.29, 0.717) is 6.61 Å². The van der Waals surface area contributed by atoms with Crippen molar-refractivity contribution in [3.63, 3.8) is 0 Å². The minimum atomic E-state index is -0.187. The van der Waals surface area contributed by atoms with Gasteiger partial charge in [0.25, 0.3) is 0 Å². The number of carbonyl (C=O) groups excluding carboxylic acids is 1. The average molecular weight is 283 g/mol. The van der Waals surface area contributed by atoms with Crippen molar-refractivity contribution in [2.75, 3.05) is 32.9 Å². The molecule has 0 fully saturated rings. The molecule has 5 nitrogen and oxygen atoms in total. The van der Waals surface area contributed by atoms with Gasteiger partial charge in [0.05, 0.1) is 6.61 Å². The second-order valence-corrected chi connectivity index (χ2v) is 3.55. The quantitative estimate of drug-likeness (QED) is 0.745. The molecule has 0 heterocycles. The van der Waals surface area contributed by atoms with E-state index in [1.54, 1.807) is 4.90 Å². The van der Waals surface area contributed by atoms with E-state index in [4.69, 9.17) is 14.9 Å². The third kappa shape index (κ3) is 14.4. The molecule has 0 aliphatic rings. The molecular weight excluding hydrogens is 258 g/mol. The number of aliphatic hydroxyl groups is 2. The molecule has 0 aromatic heterocycles. The fraction of sp³-hybridized carbons (Fsp3) is 0.667. The lowest BCUT2D eigenvalue weighted by atomic mass is 10.3.